The van der Waals surface area contributed by atoms with Crippen LogP contribution in [0.5, 0.6) is 0 Å². The molecule has 0 amide bonds. The van der Waals surface area contributed by atoms with Gasteiger partial charge in [0.25, 0.3) is 0 Å². The summed E-state index contributed by atoms with van der Waals surface area (Å²) >= 11 is 1.82. The molecular weight excluding hydrogens is 180 g/mol. The molecule has 1 unspecified atom stereocenters. The van der Waals surface area contributed by atoms with Gasteiger partial charge in [0, 0.05) is 17.5 Å². The van der Waals surface area contributed by atoms with Gasteiger partial charge in [-0.25, -0.2) is 0 Å². The number of likely N-dealkylation sites (N-methyl/N-ethyl adjacent to an activating group) is 2. The van der Waals surface area contributed by atoms with Crippen molar-refractivity contribution in [3.8, 4) is 0 Å². The maximum Gasteiger partial charge on any atom is 0.0455 e. The van der Waals surface area contributed by atoms with Gasteiger partial charge in [-0.2, -0.15) is 0 Å². The molecule has 2 nitrogen and oxygen atoms in total. The summed E-state index contributed by atoms with van der Waals surface area (Å²) in [7, 11) is 6.22. The minimum atomic E-state index is 0.458. The number of nitrogens with zero attached hydrogens (tertiary/aromatic N) is 1. The van der Waals surface area contributed by atoms with Crippen LogP contribution in [0.4, 0.5) is 0 Å². The zero-order chi connectivity index (χ0) is 9.84. The van der Waals surface area contributed by atoms with E-state index in [0.717, 1.165) is 6.54 Å². The Morgan fingerprint density at radius 1 is 1.54 bits per heavy atom. The quantitative estimate of drug-likeness (QED) is 0.794. The number of hydrogen-bond donors (Lipinski definition) is 1. The van der Waals surface area contributed by atoms with Crippen molar-refractivity contribution in [1.29, 1.82) is 0 Å². The average Bonchev–Trinajstić information content (AvgIpc) is 2.47. The second kappa shape index (κ2) is 4.74. The Morgan fingerprint density at radius 3 is 2.62 bits per heavy atom. The fourth-order valence-corrected chi connectivity index (χ4v) is 2.13. The van der Waals surface area contributed by atoms with Crippen molar-refractivity contribution in [2.24, 2.45) is 0 Å². The molecule has 13 heavy (non-hydrogen) atoms. The first-order valence-electron chi connectivity index (χ1n) is 4.50. The van der Waals surface area contributed by atoms with Crippen molar-refractivity contribution in [2.75, 3.05) is 27.7 Å². The molecule has 1 heterocycles. The van der Waals surface area contributed by atoms with E-state index in [0.29, 0.717) is 6.04 Å². The molecule has 0 radical (unpaired) electrons. The van der Waals surface area contributed by atoms with Gasteiger partial charge in [-0.15, -0.1) is 11.3 Å². The highest BCUT2D eigenvalue weighted by atomic mass is 32.1. The van der Waals surface area contributed by atoms with E-state index in [4.69, 9.17) is 0 Å². The summed E-state index contributed by atoms with van der Waals surface area (Å²) in [5, 5.41) is 5.56. The van der Waals surface area contributed by atoms with E-state index in [1.165, 1.54) is 10.4 Å². The Labute approximate surface area is 84.6 Å². The Bertz CT molecular complexity index is 255. The third-order valence-corrected chi connectivity index (χ3v) is 2.93. The first-order valence-corrected chi connectivity index (χ1v) is 5.38. The lowest BCUT2D eigenvalue weighted by atomic mass is 10.1. The van der Waals surface area contributed by atoms with Crippen LogP contribution < -0.4 is 5.32 Å². The number of aryl methyl sites for hydroxylation is 1. The van der Waals surface area contributed by atoms with Gasteiger partial charge in [-0.1, -0.05) is 0 Å². The van der Waals surface area contributed by atoms with Crippen molar-refractivity contribution in [3.05, 3.63) is 21.9 Å². The van der Waals surface area contributed by atoms with Crippen molar-refractivity contribution in [3.63, 3.8) is 0 Å². The van der Waals surface area contributed by atoms with Gasteiger partial charge in [0.2, 0.25) is 0 Å². The fraction of sp³-hybridized carbons (Fsp3) is 0.600. The third kappa shape index (κ3) is 3.10. The average molecular weight is 198 g/mol. The van der Waals surface area contributed by atoms with Crippen LogP contribution in [0.2, 0.25) is 0 Å². The lowest BCUT2D eigenvalue weighted by Gasteiger charge is -2.19. The molecule has 1 aromatic heterocycles. The summed E-state index contributed by atoms with van der Waals surface area (Å²) in [6.07, 6.45) is 0. The molecule has 0 aliphatic heterocycles. The first kappa shape index (κ1) is 10.7. The van der Waals surface area contributed by atoms with Crippen LogP contribution in [0.25, 0.3) is 0 Å². The predicted octanol–water partition coefficient (Wildman–Crippen LogP) is 1.88. The van der Waals surface area contributed by atoms with Gasteiger partial charge in [0.1, 0.15) is 0 Å². The molecule has 0 saturated heterocycles. The summed E-state index contributed by atoms with van der Waals surface area (Å²) in [4.78, 5) is 3.59. The molecule has 1 rings (SSSR count). The first-order chi connectivity index (χ1) is 6.13. The zero-order valence-corrected chi connectivity index (χ0v) is 9.61. The third-order valence-electron chi connectivity index (χ3n) is 2.05. The van der Waals surface area contributed by atoms with Crippen LogP contribution in [0.3, 0.4) is 0 Å². The fourth-order valence-electron chi connectivity index (χ4n) is 1.37. The lowest BCUT2D eigenvalue weighted by molar-refractivity contribution is 0.353. The van der Waals surface area contributed by atoms with Gasteiger partial charge in [0.15, 0.2) is 0 Å². The van der Waals surface area contributed by atoms with Crippen LogP contribution in [-0.4, -0.2) is 32.6 Å². The number of thiophene rings is 1. The summed E-state index contributed by atoms with van der Waals surface area (Å²) in [6, 6.07) is 2.72. The van der Waals surface area contributed by atoms with E-state index in [9.17, 15) is 0 Å². The molecule has 1 N–H and O–H groups in total. The standard InChI is InChI=1S/C10H18N2S/c1-8-5-9(7-13-8)10(11-2)6-12(3)4/h5,7,10-11H,6H2,1-4H3. The second-order valence-electron chi connectivity index (χ2n) is 3.59. The molecule has 0 bridgehead atoms. The van der Waals surface area contributed by atoms with Crippen LogP contribution in [-0.2, 0) is 0 Å². The summed E-state index contributed by atoms with van der Waals surface area (Å²) in [5.74, 6) is 0. The molecule has 0 aromatic carbocycles. The number of nitrogens with one attached hydrogen (secondary N) is 1. The van der Waals surface area contributed by atoms with Gasteiger partial charge < -0.3 is 10.2 Å². The molecule has 0 spiro atoms. The van der Waals surface area contributed by atoms with Gasteiger partial charge in [-0.3, -0.25) is 0 Å². The summed E-state index contributed by atoms with van der Waals surface area (Å²) in [5.41, 5.74) is 1.40. The summed E-state index contributed by atoms with van der Waals surface area (Å²) < 4.78 is 0. The minimum Gasteiger partial charge on any atom is -0.312 e. The second-order valence-corrected chi connectivity index (χ2v) is 4.71. The van der Waals surface area contributed by atoms with E-state index < -0.39 is 0 Å². The maximum absolute atomic E-state index is 3.33. The zero-order valence-electron chi connectivity index (χ0n) is 8.79. The van der Waals surface area contributed by atoms with Crippen LogP contribution in [0.15, 0.2) is 11.4 Å². The van der Waals surface area contributed by atoms with Crippen molar-refractivity contribution < 1.29 is 0 Å². The van der Waals surface area contributed by atoms with Gasteiger partial charge in [0.05, 0.1) is 0 Å². The van der Waals surface area contributed by atoms with Crippen LogP contribution in [0.1, 0.15) is 16.5 Å². The topological polar surface area (TPSA) is 15.3 Å². The molecule has 1 aromatic rings. The molecule has 0 aliphatic carbocycles. The SMILES string of the molecule is CNC(CN(C)C)c1csc(C)c1. The molecular formula is C10H18N2S. The molecule has 74 valence electrons. The molecule has 0 fully saturated rings. The largest absolute Gasteiger partial charge is 0.312 e. The van der Waals surface area contributed by atoms with Gasteiger partial charge in [-0.05, 0) is 45.1 Å². The maximum atomic E-state index is 3.33. The monoisotopic (exact) mass is 198 g/mol. The highest BCUT2D eigenvalue weighted by Crippen LogP contribution is 2.20. The van der Waals surface area contributed by atoms with Crippen LogP contribution in [0, 0.1) is 6.92 Å². The Hall–Kier alpha value is -0.380. The number of hydrogen-bond acceptors (Lipinski definition) is 3. The van der Waals surface area contributed by atoms with E-state index >= 15 is 0 Å². The molecule has 3 heteroatoms. The highest BCUT2D eigenvalue weighted by molar-refractivity contribution is 7.10. The lowest BCUT2D eigenvalue weighted by Crippen LogP contribution is -2.28. The Kier molecular flexibility index (Phi) is 3.90. The highest BCUT2D eigenvalue weighted by Gasteiger charge is 2.10. The smallest absolute Gasteiger partial charge is 0.0455 e. The van der Waals surface area contributed by atoms with E-state index in [2.05, 4.69) is 42.7 Å². The molecule has 0 saturated carbocycles. The van der Waals surface area contributed by atoms with E-state index in [-0.39, 0.29) is 0 Å². The Morgan fingerprint density at radius 2 is 2.23 bits per heavy atom. The normalized spacial score (nSPS) is 13.6. The van der Waals surface area contributed by atoms with E-state index in [1.54, 1.807) is 0 Å². The van der Waals surface area contributed by atoms with Crippen molar-refractivity contribution in [1.82, 2.24) is 10.2 Å². The van der Waals surface area contributed by atoms with E-state index in [1.807, 2.05) is 18.4 Å². The minimum absolute atomic E-state index is 0.458. The number of rotatable bonds is 4. The van der Waals surface area contributed by atoms with Crippen LogP contribution >= 0.6 is 11.3 Å². The predicted molar refractivity (Wildman–Crippen MR) is 59.4 cm³/mol. The summed E-state index contributed by atoms with van der Waals surface area (Å²) in [6.45, 7) is 3.20. The van der Waals surface area contributed by atoms with Gasteiger partial charge >= 0.3 is 0 Å². The van der Waals surface area contributed by atoms with Crippen molar-refractivity contribution >= 4 is 11.3 Å². The molecule has 1 atom stereocenters. The molecule has 0 aliphatic rings. The van der Waals surface area contributed by atoms with Crippen molar-refractivity contribution in [2.45, 2.75) is 13.0 Å². The Balaban J connectivity index is 2.66.